The van der Waals surface area contributed by atoms with Crippen LogP contribution in [-0.2, 0) is 6.54 Å². The first-order chi connectivity index (χ1) is 13.4. The summed E-state index contributed by atoms with van der Waals surface area (Å²) in [5.74, 6) is 0.885. The van der Waals surface area contributed by atoms with E-state index >= 15 is 0 Å². The molecule has 8 nitrogen and oxygen atoms in total. The van der Waals surface area contributed by atoms with E-state index in [-0.39, 0.29) is 23.6 Å². The highest BCUT2D eigenvalue weighted by Crippen LogP contribution is 2.24. The summed E-state index contributed by atoms with van der Waals surface area (Å²) in [4.78, 5) is 26.5. The fraction of sp³-hybridized carbons (Fsp3) is 0.750. The van der Waals surface area contributed by atoms with Crippen LogP contribution >= 0.6 is 0 Å². The fourth-order valence-corrected chi connectivity index (χ4v) is 4.01. The third kappa shape index (κ3) is 4.66. The standard InChI is InChI=1S/C20H34N6O2/c1-5-6-14(4)28-19-23-17(21)16-18(24-19)26(20(27)22-16)12-9-15-7-10-25(11-8-15)13(2)3/h13-15H,5-12H2,1-4H3,(H,22,27)(H2,21,23,24). The van der Waals surface area contributed by atoms with Gasteiger partial charge in [0, 0.05) is 12.6 Å². The van der Waals surface area contributed by atoms with Gasteiger partial charge in [0.15, 0.2) is 11.5 Å². The SMILES string of the molecule is CCCC(C)Oc1nc(N)c2[nH]c(=O)n(CCC3CCN(C(C)C)CC3)c2n1. The van der Waals surface area contributed by atoms with Crippen molar-refractivity contribution in [1.29, 1.82) is 0 Å². The number of H-pyrrole nitrogens is 1. The molecule has 0 spiro atoms. The number of nitrogens with zero attached hydrogens (tertiary/aromatic N) is 4. The molecule has 0 radical (unpaired) electrons. The number of aryl methyl sites for hydroxylation is 1. The molecule has 1 aliphatic rings. The van der Waals surface area contributed by atoms with Crippen molar-refractivity contribution in [1.82, 2.24) is 24.4 Å². The third-order valence-corrected chi connectivity index (χ3v) is 5.77. The number of hydrogen-bond acceptors (Lipinski definition) is 6. The Balaban J connectivity index is 1.73. The number of nitrogens with two attached hydrogens (primary N) is 1. The van der Waals surface area contributed by atoms with E-state index in [4.69, 9.17) is 10.5 Å². The van der Waals surface area contributed by atoms with E-state index in [0.717, 1.165) is 32.4 Å². The Labute approximate surface area is 166 Å². The highest BCUT2D eigenvalue weighted by atomic mass is 16.5. The third-order valence-electron chi connectivity index (χ3n) is 5.77. The van der Waals surface area contributed by atoms with E-state index in [1.54, 1.807) is 4.57 Å². The van der Waals surface area contributed by atoms with Crippen molar-refractivity contribution in [2.24, 2.45) is 5.92 Å². The summed E-state index contributed by atoms with van der Waals surface area (Å²) in [5.41, 5.74) is 6.90. The molecule has 2 aromatic rings. The molecule has 2 aromatic heterocycles. The maximum absolute atomic E-state index is 12.5. The van der Waals surface area contributed by atoms with Gasteiger partial charge in [-0.25, -0.2) is 4.79 Å². The Kier molecular flexibility index (Phi) is 6.59. The number of fused-ring (bicyclic) bond motifs is 1. The first-order valence-corrected chi connectivity index (χ1v) is 10.6. The molecule has 1 saturated heterocycles. The maximum atomic E-state index is 12.5. The topological polar surface area (TPSA) is 102 Å². The summed E-state index contributed by atoms with van der Waals surface area (Å²) in [7, 11) is 0. The minimum Gasteiger partial charge on any atom is -0.460 e. The highest BCUT2D eigenvalue weighted by Gasteiger charge is 2.22. The number of rotatable bonds is 8. The molecular formula is C20H34N6O2. The first-order valence-electron chi connectivity index (χ1n) is 10.6. The van der Waals surface area contributed by atoms with E-state index in [9.17, 15) is 4.79 Å². The molecule has 1 aliphatic heterocycles. The van der Waals surface area contributed by atoms with Crippen LogP contribution in [-0.4, -0.2) is 49.7 Å². The van der Waals surface area contributed by atoms with Gasteiger partial charge in [0.1, 0.15) is 5.52 Å². The lowest BCUT2D eigenvalue weighted by molar-refractivity contribution is 0.143. The number of likely N-dealkylation sites (tertiary alicyclic amines) is 1. The van der Waals surface area contributed by atoms with E-state index in [1.807, 2.05) is 6.92 Å². The lowest BCUT2D eigenvalue weighted by atomic mass is 9.93. The van der Waals surface area contributed by atoms with Gasteiger partial charge in [-0.1, -0.05) is 13.3 Å². The minimum absolute atomic E-state index is 0.00658. The Hall–Kier alpha value is -2.09. The largest absolute Gasteiger partial charge is 0.460 e. The summed E-state index contributed by atoms with van der Waals surface area (Å²) < 4.78 is 7.48. The van der Waals surface area contributed by atoms with Gasteiger partial charge in [0.25, 0.3) is 0 Å². The number of hydrogen-bond donors (Lipinski definition) is 2. The summed E-state index contributed by atoms with van der Waals surface area (Å²) in [6.07, 6.45) is 5.25. The molecule has 156 valence electrons. The van der Waals surface area contributed by atoms with Crippen molar-refractivity contribution >= 4 is 17.0 Å². The quantitative estimate of drug-likeness (QED) is 0.718. The number of anilines is 1. The molecule has 1 fully saturated rings. The van der Waals surface area contributed by atoms with Crippen LogP contribution in [0, 0.1) is 5.92 Å². The van der Waals surface area contributed by atoms with Gasteiger partial charge >= 0.3 is 11.7 Å². The molecule has 0 bridgehead atoms. The molecule has 3 heterocycles. The molecule has 3 N–H and O–H groups in total. The predicted octanol–water partition coefficient (Wildman–Crippen LogP) is 2.78. The van der Waals surface area contributed by atoms with Crippen molar-refractivity contribution in [3.05, 3.63) is 10.5 Å². The first kappa shape index (κ1) is 20.6. The zero-order chi connectivity index (χ0) is 20.3. The van der Waals surface area contributed by atoms with Crippen LogP contribution in [0.4, 0.5) is 5.82 Å². The van der Waals surface area contributed by atoms with E-state index in [2.05, 4.69) is 40.6 Å². The molecule has 28 heavy (non-hydrogen) atoms. The lowest BCUT2D eigenvalue weighted by Gasteiger charge is -2.34. The van der Waals surface area contributed by atoms with Gasteiger partial charge in [-0.15, -0.1) is 0 Å². The van der Waals surface area contributed by atoms with Gasteiger partial charge in [0.05, 0.1) is 6.10 Å². The van der Waals surface area contributed by atoms with Crippen LogP contribution < -0.4 is 16.2 Å². The van der Waals surface area contributed by atoms with Crippen LogP contribution in [0.3, 0.4) is 0 Å². The van der Waals surface area contributed by atoms with Crippen molar-refractivity contribution in [3.8, 4) is 6.01 Å². The molecule has 1 atom stereocenters. The lowest BCUT2D eigenvalue weighted by Crippen LogP contribution is -2.38. The molecule has 8 heteroatoms. The van der Waals surface area contributed by atoms with Crippen LogP contribution in [0.5, 0.6) is 6.01 Å². The molecule has 1 unspecified atom stereocenters. The van der Waals surface area contributed by atoms with Gasteiger partial charge in [-0.2, -0.15) is 9.97 Å². The predicted molar refractivity (Wildman–Crippen MR) is 112 cm³/mol. The Bertz CT molecular complexity index is 835. The number of aromatic nitrogens is 4. The van der Waals surface area contributed by atoms with Crippen molar-refractivity contribution in [2.75, 3.05) is 18.8 Å². The van der Waals surface area contributed by atoms with E-state index < -0.39 is 0 Å². The van der Waals surface area contributed by atoms with Crippen molar-refractivity contribution in [2.45, 2.75) is 78.5 Å². The second kappa shape index (κ2) is 8.94. The van der Waals surface area contributed by atoms with Gasteiger partial charge in [0.2, 0.25) is 0 Å². The summed E-state index contributed by atoms with van der Waals surface area (Å²) in [6, 6.07) is 0.842. The van der Waals surface area contributed by atoms with Crippen LogP contribution in [0.25, 0.3) is 11.2 Å². The highest BCUT2D eigenvalue weighted by molar-refractivity contribution is 5.81. The second-order valence-corrected chi connectivity index (χ2v) is 8.25. The molecule has 0 aliphatic carbocycles. The normalized spacial score (nSPS) is 17.5. The average molecular weight is 391 g/mol. The van der Waals surface area contributed by atoms with Gasteiger partial charge < -0.3 is 20.4 Å². The molecule has 3 rings (SSSR count). The molecule has 0 aromatic carbocycles. The number of nitrogens with one attached hydrogen (secondary N) is 1. The van der Waals surface area contributed by atoms with Gasteiger partial charge in [-0.3, -0.25) is 4.57 Å². The number of ether oxygens (including phenoxy) is 1. The van der Waals surface area contributed by atoms with E-state index in [0.29, 0.717) is 29.7 Å². The van der Waals surface area contributed by atoms with E-state index in [1.165, 1.54) is 12.8 Å². The van der Waals surface area contributed by atoms with Crippen LogP contribution in [0.1, 0.15) is 59.8 Å². The van der Waals surface area contributed by atoms with Crippen LogP contribution in [0.2, 0.25) is 0 Å². The molecule has 0 amide bonds. The summed E-state index contributed by atoms with van der Waals surface area (Å²) in [6.45, 7) is 11.5. The maximum Gasteiger partial charge on any atom is 0.327 e. The molecule has 0 saturated carbocycles. The number of piperidine rings is 1. The average Bonchev–Trinajstić information content (AvgIpc) is 2.96. The second-order valence-electron chi connectivity index (χ2n) is 8.25. The zero-order valence-electron chi connectivity index (χ0n) is 17.6. The number of aromatic amines is 1. The summed E-state index contributed by atoms with van der Waals surface area (Å²) >= 11 is 0. The van der Waals surface area contributed by atoms with Gasteiger partial charge in [-0.05, 0) is 65.5 Å². The Morgan fingerprint density at radius 1 is 1.25 bits per heavy atom. The zero-order valence-corrected chi connectivity index (χ0v) is 17.6. The summed E-state index contributed by atoms with van der Waals surface area (Å²) in [5, 5.41) is 0. The number of imidazole rings is 1. The smallest absolute Gasteiger partial charge is 0.327 e. The number of nitrogen functional groups attached to an aromatic ring is 1. The minimum atomic E-state index is -0.186. The van der Waals surface area contributed by atoms with Crippen LogP contribution in [0.15, 0.2) is 4.79 Å². The monoisotopic (exact) mass is 390 g/mol. The van der Waals surface area contributed by atoms with Crippen molar-refractivity contribution < 1.29 is 4.74 Å². The molecular weight excluding hydrogens is 356 g/mol. The van der Waals surface area contributed by atoms with Crippen molar-refractivity contribution in [3.63, 3.8) is 0 Å². The fourth-order valence-electron chi connectivity index (χ4n) is 4.01. The Morgan fingerprint density at radius 3 is 2.61 bits per heavy atom. The Morgan fingerprint density at radius 2 is 1.96 bits per heavy atom.